The van der Waals surface area contributed by atoms with Gasteiger partial charge in [-0.2, -0.15) is 0 Å². The molecule has 3 N–H and O–H groups in total. The Labute approximate surface area is 89.7 Å². The van der Waals surface area contributed by atoms with Crippen molar-refractivity contribution in [3.05, 3.63) is 16.1 Å². The topological polar surface area (TPSA) is 50.9 Å². The second-order valence-electron chi connectivity index (χ2n) is 3.81. The van der Waals surface area contributed by atoms with Crippen LogP contribution in [0, 0.1) is 12.8 Å². The van der Waals surface area contributed by atoms with E-state index in [1.54, 1.807) is 11.3 Å². The van der Waals surface area contributed by atoms with E-state index in [4.69, 9.17) is 5.73 Å². The van der Waals surface area contributed by atoms with Crippen molar-refractivity contribution in [2.45, 2.75) is 33.4 Å². The van der Waals surface area contributed by atoms with Gasteiger partial charge in [-0.05, 0) is 26.3 Å². The van der Waals surface area contributed by atoms with Gasteiger partial charge in [0.15, 0.2) is 0 Å². The van der Waals surface area contributed by atoms with Crippen LogP contribution in [0.3, 0.4) is 0 Å². The Hall–Kier alpha value is -0.450. The third-order valence-electron chi connectivity index (χ3n) is 2.33. The monoisotopic (exact) mass is 213 g/mol. The van der Waals surface area contributed by atoms with Gasteiger partial charge in [-0.15, -0.1) is 11.3 Å². The van der Waals surface area contributed by atoms with E-state index in [2.05, 4.69) is 17.2 Å². The van der Waals surface area contributed by atoms with Gasteiger partial charge in [0.1, 0.15) is 0 Å². The fourth-order valence-corrected chi connectivity index (χ4v) is 1.86. The lowest BCUT2D eigenvalue weighted by Gasteiger charge is -2.15. The highest BCUT2D eigenvalue weighted by Gasteiger charge is 2.06. The minimum Gasteiger partial charge on any atom is -0.328 e. The summed E-state index contributed by atoms with van der Waals surface area (Å²) in [5.74, 6) is 0.518. The van der Waals surface area contributed by atoms with E-state index >= 15 is 0 Å². The minimum absolute atomic E-state index is 0.255. The van der Waals surface area contributed by atoms with Crippen molar-refractivity contribution in [2.75, 3.05) is 6.54 Å². The second-order valence-corrected chi connectivity index (χ2v) is 5.13. The Bertz CT molecular complexity index is 270. The van der Waals surface area contributed by atoms with Gasteiger partial charge in [-0.25, -0.2) is 4.98 Å². The maximum atomic E-state index is 5.77. The number of nitrogens with two attached hydrogens (primary N) is 1. The van der Waals surface area contributed by atoms with Crippen molar-refractivity contribution in [3.63, 3.8) is 0 Å². The molecule has 0 aliphatic carbocycles. The summed E-state index contributed by atoms with van der Waals surface area (Å²) in [5.41, 5.74) is 5.77. The molecule has 2 atom stereocenters. The van der Waals surface area contributed by atoms with Crippen molar-refractivity contribution in [2.24, 2.45) is 11.7 Å². The molecule has 0 aromatic carbocycles. The van der Waals surface area contributed by atoms with Crippen LogP contribution in [0.4, 0.5) is 0 Å². The van der Waals surface area contributed by atoms with Crippen molar-refractivity contribution < 1.29 is 0 Å². The molecule has 1 heterocycles. The quantitative estimate of drug-likeness (QED) is 0.780. The lowest BCUT2D eigenvalue weighted by molar-refractivity contribution is 0.446. The first-order valence-corrected chi connectivity index (χ1v) is 5.79. The molecule has 0 bridgehead atoms. The molecule has 1 aromatic heterocycles. The van der Waals surface area contributed by atoms with Crippen LogP contribution in [0.15, 0.2) is 6.20 Å². The molecule has 0 spiro atoms. The summed E-state index contributed by atoms with van der Waals surface area (Å²) >= 11 is 1.74. The van der Waals surface area contributed by atoms with Gasteiger partial charge in [0.2, 0.25) is 0 Å². The Morgan fingerprint density at radius 3 is 2.79 bits per heavy atom. The molecule has 3 nitrogen and oxygen atoms in total. The molecule has 0 saturated carbocycles. The summed E-state index contributed by atoms with van der Waals surface area (Å²) in [6, 6.07) is 0.255. The molecule has 0 aliphatic rings. The molecule has 1 rings (SSSR count). The SMILES string of the molecule is Cc1ncc(CNCC(C)C(C)N)s1. The summed E-state index contributed by atoms with van der Waals surface area (Å²) < 4.78 is 0. The number of hydrogen-bond acceptors (Lipinski definition) is 4. The summed E-state index contributed by atoms with van der Waals surface area (Å²) in [6.45, 7) is 8.11. The average Bonchev–Trinajstić information content (AvgIpc) is 2.51. The van der Waals surface area contributed by atoms with Gasteiger partial charge in [-0.1, -0.05) is 6.92 Å². The van der Waals surface area contributed by atoms with E-state index < -0.39 is 0 Å². The van der Waals surface area contributed by atoms with Crippen LogP contribution in [0.1, 0.15) is 23.7 Å². The molecule has 0 saturated heterocycles. The van der Waals surface area contributed by atoms with Gasteiger partial charge in [0.05, 0.1) is 5.01 Å². The van der Waals surface area contributed by atoms with Gasteiger partial charge < -0.3 is 11.1 Å². The van der Waals surface area contributed by atoms with E-state index in [9.17, 15) is 0 Å². The highest BCUT2D eigenvalue weighted by atomic mass is 32.1. The summed E-state index contributed by atoms with van der Waals surface area (Å²) in [5, 5.41) is 4.51. The van der Waals surface area contributed by atoms with Crippen molar-refractivity contribution in [1.82, 2.24) is 10.3 Å². The fourth-order valence-electron chi connectivity index (χ4n) is 1.10. The van der Waals surface area contributed by atoms with Crippen LogP contribution in [-0.4, -0.2) is 17.6 Å². The first-order valence-electron chi connectivity index (χ1n) is 4.97. The Kier molecular flexibility index (Phi) is 4.51. The average molecular weight is 213 g/mol. The number of rotatable bonds is 5. The lowest BCUT2D eigenvalue weighted by atomic mass is 10.1. The van der Waals surface area contributed by atoms with Crippen molar-refractivity contribution in [1.29, 1.82) is 0 Å². The molecule has 1 aromatic rings. The lowest BCUT2D eigenvalue weighted by Crippen LogP contribution is -2.32. The van der Waals surface area contributed by atoms with Crippen LogP contribution in [0.5, 0.6) is 0 Å². The number of hydrogen-bond donors (Lipinski definition) is 2. The van der Waals surface area contributed by atoms with Crippen LogP contribution in [-0.2, 0) is 6.54 Å². The van der Waals surface area contributed by atoms with E-state index in [0.29, 0.717) is 5.92 Å². The van der Waals surface area contributed by atoms with Crippen LogP contribution in [0.2, 0.25) is 0 Å². The van der Waals surface area contributed by atoms with Gasteiger partial charge >= 0.3 is 0 Å². The zero-order valence-electron chi connectivity index (χ0n) is 9.08. The molecule has 14 heavy (non-hydrogen) atoms. The summed E-state index contributed by atoms with van der Waals surface area (Å²) in [7, 11) is 0. The van der Waals surface area contributed by atoms with Gasteiger partial charge in [0, 0.05) is 23.7 Å². The minimum atomic E-state index is 0.255. The number of aromatic nitrogens is 1. The third kappa shape index (κ3) is 3.74. The first kappa shape index (κ1) is 11.6. The van der Waals surface area contributed by atoms with Gasteiger partial charge in [-0.3, -0.25) is 0 Å². The first-order chi connectivity index (χ1) is 6.59. The summed E-state index contributed by atoms with van der Waals surface area (Å²) in [4.78, 5) is 5.49. The molecular weight excluding hydrogens is 194 g/mol. The molecule has 0 aliphatic heterocycles. The van der Waals surface area contributed by atoms with Crippen LogP contribution < -0.4 is 11.1 Å². The predicted molar refractivity (Wildman–Crippen MR) is 61.4 cm³/mol. The highest BCUT2D eigenvalue weighted by Crippen LogP contribution is 2.10. The smallest absolute Gasteiger partial charge is 0.0897 e. The number of nitrogens with zero attached hydrogens (tertiary/aromatic N) is 1. The molecule has 2 unspecified atom stereocenters. The Morgan fingerprint density at radius 1 is 1.57 bits per heavy atom. The zero-order valence-corrected chi connectivity index (χ0v) is 9.90. The van der Waals surface area contributed by atoms with Crippen LogP contribution in [0.25, 0.3) is 0 Å². The Morgan fingerprint density at radius 2 is 2.29 bits per heavy atom. The Balaban J connectivity index is 2.22. The molecule has 4 heteroatoms. The maximum absolute atomic E-state index is 5.77. The number of thiazole rings is 1. The maximum Gasteiger partial charge on any atom is 0.0897 e. The predicted octanol–water partition coefficient (Wildman–Crippen LogP) is 1.52. The van der Waals surface area contributed by atoms with Crippen molar-refractivity contribution >= 4 is 11.3 Å². The highest BCUT2D eigenvalue weighted by molar-refractivity contribution is 7.11. The summed E-state index contributed by atoms with van der Waals surface area (Å²) in [6.07, 6.45) is 1.93. The van der Waals surface area contributed by atoms with E-state index in [-0.39, 0.29) is 6.04 Å². The second kappa shape index (κ2) is 5.44. The standard InChI is InChI=1S/C10H19N3S/c1-7(8(2)11)4-12-5-10-6-13-9(3)14-10/h6-8,12H,4-5,11H2,1-3H3. The molecule has 0 fully saturated rings. The molecule has 0 radical (unpaired) electrons. The fraction of sp³-hybridized carbons (Fsp3) is 0.700. The largest absolute Gasteiger partial charge is 0.328 e. The van der Waals surface area contributed by atoms with E-state index in [1.807, 2.05) is 20.0 Å². The van der Waals surface area contributed by atoms with Crippen molar-refractivity contribution in [3.8, 4) is 0 Å². The molecule has 0 amide bonds. The number of aryl methyl sites for hydroxylation is 1. The zero-order chi connectivity index (χ0) is 10.6. The van der Waals surface area contributed by atoms with Gasteiger partial charge in [0.25, 0.3) is 0 Å². The van der Waals surface area contributed by atoms with E-state index in [1.165, 1.54) is 4.88 Å². The van der Waals surface area contributed by atoms with E-state index in [0.717, 1.165) is 18.1 Å². The number of nitrogens with one attached hydrogen (secondary N) is 1. The molecular formula is C10H19N3S. The van der Waals surface area contributed by atoms with Crippen LogP contribution >= 0.6 is 11.3 Å². The normalized spacial score (nSPS) is 15.4. The molecule has 80 valence electrons. The third-order valence-corrected chi connectivity index (χ3v) is 3.25.